The molecule has 0 aromatic heterocycles. The van der Waals surface area contributed by atoms with Crippen molar-refractivity contribution in [2.24, 2.45) is 5.10 Å². The van der Waals surface area contributed by atoms with Crippen molar-refractivity contribution in [3.05, 3.63) is 167 Å². The highest BCUT2D eigenvalue weighted by molar-refractivity contribution is 9.08. The van der Waals surface area contributed by atoms with Gasteiger partial charge in [0.05, 0.1) is 0 Å². The summed E-state index contributed by atoms with van der Waals surface area (Å²) in [5.74, 6) is 0.809. The lowest BCUT2D eigenvalue weighted by Crippen LogP contribution is -2.56. The molecule has 0 amide bonds. The average Bonchev–Trinajstić information content (AvgIpc) is 3.49. The normalized spacial score (nSPS) is 13.2. The molecule has 0 unspecified atom stereocenters. The summed E-state index contributed by atoms with van der Waals surface area (Å²) < 4.78 is 0. The van der Waals surface area contributed by atoms with Gasteiger partial charge in [-0.25, -0.2) is 5.53 Å². The van der Waals surface area contributed by atoms with Gasteiger partial charge in [-0.05, 0) is 39.4 Å². The Morgan fingerprint density at radius 1 is 0.605 bits per heavy atom. The zero-order valence-corrected chi connectivity index (χ0v) is 22.3. The predicted molar refractivity (Wildman–Crippen MR) is 158 cm³/mol. The van der Waals surface area contributed by atoms with Gasteiger partial charge in [-0.1, -0.05) is 149 Å². The van der Waals surface area contributed by atoms with E-state index >= 15 is 0 Å². The first-order valence-corrected chi connectivity index (χ1v) is 13.7. The highest BCUT2D eigenvalue weighted by Gasteiger charge is 2.46. The fraction of sp³-hybridized carbons (Fsp3) is 0.0606. The molecule has 5 aromatic rings. The molecule has 0 fully saturated rings. The van der Waals surface area contributed by atoms with Gasteiger partial charge in [0, 0.05) is 10.9 Å². The summed E-state index contributed by atoms with van der Waals surface area (Å²) in [6.07, 6.45) is 0. The molecule has 0 saturated heterocycles. The minimum absolute atomic E-state index is 0.718. The van der Waals surface area contributed by atoms with Crippen LogP contribution in [0.15, 0.2) is 145 Å². The third kappa shape index (κ3) is 4.20. The molecule has 38 heavy (non-hydrogen) atoms. The van der Waals surface area contributed by atoms with Crippen LogP contribution in [0.5, 0.6) is 0 Å². The van der Waals surface area contributed by atoms with Crippen LogP contribution in [0, 0.1) is 0 Å². The van der Waals surface area contributed by atoms with Crippen LogP contribution in [0.4, 0.5) is 0 Å². The molecule has 5 heteroatoms. The number of hydrazine groups is 2. The Hall–Kier alpha value is -4.19. The summed E-state index contributed by atoms with van der Waals surface area (Å²) >= 11 is 3.66. The van der Waals surface area contributed by atoms with Gasteiger partial charge in [0.25, 0.3) is 0 Å². The fourth-order valence-corrected chi connectivity index (χ4v) is 5.66. The molecule has 1 aliphatic heterocycles. The van der Waals surface area contributed by atoms with Crippen LogP contribution in [0.1, 0.15) is 27.8 Å². The minimum atomic E-state index is -0.718. The maximum Gasteiger partial charge on any atom is 0.175 e. The Kier molecular flexibility index (Phi) is 6.78. The number of hydrogen-bond acceptors (Lipinski definition) is 4. The van der Waals surface area contributed by atoms with Crippen molar-refractivity contribution in [3.8, 4) is 11.1 Å². The maximum atomic E-state index is 4.86. The highest BCUT2D eigenvalue weighted by atomic mass is 79.9. The molecule has 0 radical (unpaired) electrons. The summed E-state index contributed by atoms with van der Waals surface area (Å²) in [4.78, 5) is 0. The van der Waals surface area contributed by atoms with E-state index in [1.807, 2.05) is 6.07 Å². The number of benzene rings is 5. The van der Waals surface area contributed by atoms with Crippen molar-refractivity contribution in [2.75, 3.05) is 0 Å². The molecule has 0 atom stereocenters. The van der Waals surface area contributed by atoms with Crippen molar-refractivity contribution in [1.29, 1.82) is 0 Å². The Morgan fingerprint density at radius 3 is 1.61 bits per heavy atom. The summed E-state index contributed by atoms with van der Waals surface area (Å²) in [5.41, 5.74) is 13.7. The quantitative estimate of drug-likeness (QED) is 0.163. The van der Waals surface area contributed by atoms with E-state index in [0.29, 0.717) is 0 Å². The van der Waals surface area contributed by atoms with E-state index in [4.69, 9.17) is 5.10 Å². The van der Waals surface area contributed by atoms with Crippen molar-refractivity contribution >= 4 is 21.8 Å². The molecular weight excluding hydrogens is 532 g/mol. The molecule has 0 bridgehead atoms. The third-order valence-corrected chi connectivity index (χ3v) is 7.66. The standard InChI is InChI=1S/C33H27BrN4/c34-24-25-21-22-30(26-13-5-1-6-14-26)31(23-25)32-35-36-37-38(32)33(27-15-7-2-8-16-27,28-17-9-3-10-18-28)29-19-11-4-12-20-29/h1-23,36-37H,24H2. The number of halogens is 1. The number of nitrogens with one attached hydrogen (secondary N) is 2. The van der Waals surface area contributed by atoms with Crippen LogP contribution >= 0.6 is 15.9 Å². The molecule has 0 saturated carbocycles. The van der Waals surface area contributed by atoms with Crippen LogP contribution in [0.25, 0.3) is 11.1 Å². The second-order valence-corrected chi connectivity index (χ2v) is 9.74. The van der Waals surface area contributed by atoms with Crippen LogP contribution < -0.4 is 11.1 Å². The smallest absolute Gasteiger partial charge is 0.175 e. The van der Waals surface area contributed by atoms with Crippen LogP contribution in [-0.4, -0.2) is 10.8 Å². The molecule has 0 spiro atoms. The first kappa shape index (κ1) is 24.2. The molecule has 2 N–H and O–H groups in total. The van der Waals surface area contributed by atoms with Crippen LogP contribution in [0.2, 0.25) is 0 Å². The van der Waals surface area contributed by atoms with Gasteiger partial charge in [0.2, 0.25) is 0 Å². The lowest BCUT2D eigenvalue weighted by atomic mass is 9.76. The van der Waals surface area contributed by atoms with Crippen molar-refractivity contribution in [2.45, 2.75) is 10.9 Å². The van der Waals surface area contributed by atoms with E-state index in [1.165, 1.54) is 5.56 Å². The van der Waals surface area contributed by atoms with E-state index in [2.05, 4.69) is 165 Å². The molecule has 186 valence electrons. The Bertz CT molecular complexity index is 1440. The number of nitrogens with zero attached hydrogens (tertiary/aromatic N) is 2. The van der Waals surface area contributed by atoms with E-state index in [1.54, 1.807) is 0 Å². The molecule has 1 heterocycles. The number of alkyl halides is 1. The van der Waals surface area contributed by atoms with Crippen molar-refractivity contribution in [3.63, 3.8) is 0 Å². The van der Waals surface area contributed by atoms with Crippen LogP contribution in [-0.2, 0) is 10.9 Å². The molecular formula is C33H27BrN4. The molecule has 5 aromatic carbocycles. The number of hydrazone groups is 1. The Morgan fingerprint density at radius 2 is 1.11 bits per heavy atom. The van der Waals surface area contributed by atoms with Crippen molar-refractivity contribution in [1.82, 2.24) is 16.1 Å². The van der Waals surface area contributed by atoms with Gasteiger partial charge in [-0.15, -0.1) is 10.6 Å². The zero-order valence-electron chi connectivity index (χ0n) is 20.8. The van der Waals surface area contributed by atoms with Gasteiger partial charge in [-0.2, -0.15) is 0 Å². The number of rotatable bonds is 7. The second-order valence-electron chi connectivity index (χ2n) is 9.18. The topological polar surface area (TPSA) is 39.7 Å². The maximum absolute atomic E-state index is 4.86. The zero-order chi connectivity index (χ0) is 25.8. The second kappa shape index (κ2) is 10.7. The van der Waals surface area contributed by atoms with Gasteiger partial charge in [0.15, 0.2) is 5.84 Å². The number of amidine groups is 1. The first-order valence-electron chi connectivity index (χ1n) is 12.6. The monoisotopic (exact) mass is 558 g/mol. The van der Waals surface area contributed by atoms with E-state index in [-0.39, 0.29) is 0 Å². The molecule has 0 aliphatic carbocycles. The Labute approximate surface area is 231 Å². The average molecular weight is 560 g/mol. The van der Waals surface area contributed by atoms with E-state index in [9.17, 15) is 0 Å². The lowest BCUT2D eigenvalue weighted by molar-refractivity contribution is 0.183. The summed E-state index contributed by atoms with van der Waals surface area (Å²) in [6.45, 7) is 0. The largest absolute Gasteiger partial charge is 0.251 e. The highest BCUT2D eigenvalue weighted by Crippen LogP contribution is 2.43. The first-order chi connectivity index (χ1) is 18.8. The summed E-state index contributed by atoms with van der Waals surface area (Å²) in [7, 11) is 0. The lowest BCUT2D eigenvalue weighted by Gasteiger charge is -2.44. The fourth-order valence-electron chi connectivity index (χ4n) is 5.31. The van der Waals surface area contributed by atoms with Gasteiger partial charge in [-0.3, -0.25) is 5.01 Å². The van der Waals surface area contributed by atoms with Crippen molar-refractivity contribution < 1.29 is 0 Å². The molecule has 6 rings (SSSR count). The van der Waals surface area contributed by atoms with E-state index < -0.39 is 5.54 Å². The van der Waals surface area contributed by atoms with Gasteiger partial charge >= 0.3 is 0 Å². The summed E-state index contributed by atoms with van der Waals surface area (Å²) in [6, 6.07) is 48.9. The third-order valence-electron chi connectivity index (χ3n) is 7.01. The number of hydrogen-bond donors (Lipinski definition) is 2. The molecule has 1 aliphatic rings. The van der Waals surface area contributed by atoms with Gasteiger partial charge < -0.3 is 0 Å². The Balaban J connectivity index is 1.64. The minimum Gasteiger partial charge on any atom is -0.251 e. The van der Waals surface area contributed by atoms with Gasteiger partial charge in [0.1, 0.15) is 5.54 Å². The SMILES string of the molecule is BrCc1ccc(-c2ccccc2)c(C2=NNNN2C(c2ccccc2)(c2ccccc2)c2ccccc2)c1. The summed E-state index contributed by atoms with van der Waals surface area (Å²) in [5, 5.41) is 7.79. The van der Waals surface area contributed by atoms with E-state index in [0.717, 1.165) is 44.5 Å². The van der Waals surface area contributed by atoms with Crippen LogP contribution in [0.3, 0.4) is 0 Å². The molecule has 4 nitrogen and oxygen atoms in total. The predicted octanol–water partition coefficient (Wildman–Crippen LogP) is 7.23.